The smallest absolute Gasteiger partial charge is 0.265 e. The van der Waals surface area contributed by atoms with Crippen molar-refractivity contribution in [2.45, 2.75) is 187 Å². The largest absolute Gasteiger partial charge is 0.756 e. The molecule has 1 N–H and O–H groups in total. The summed E-state index contributed by atoms with van der Waals surface area (Å²) in [5.41, 5.74) is 0. The number of hydrogen-bond donors (Lipinski definition) is 1. The van der Waals surface area contributed by atoms with Gasteiger partial charge in [0.2, 0.25) is 0 Å². The molecule has 0 saturated carbocycles. The van der Waals surface area contributed by atoms with Crippen LogP contribution in [0.4, 0.5) is 0 Å². The lowest BCUT2D eigenvalue weighted by molar-refractivity contribution is -0.219. The normalized spacial score (nSPS) is 12.9. The van der Waals surface area contributed by atoms with Gasteiger partial charge in [0.05, 0.1) is 6.61 Å². The third-order valence-electron chi connectivity index (χ3n) is 7.46. The maximum Gasteiger partial charge on any atom is 0.265 e. The highest BCUT2D eigenvalue weighted by Gasteiger charge is 2.00. The van der Waals surface area contributed by atoms with Gasteiger partial charge in [0, 0.05) is 0 Å². The Morgan fingerprint density at radius 1 is 0.513 bits per heavy atom. The van der Waals surface area contributed by atoms with Crippen LogP contribution in [0.15, 0.2) is 0 Å². The average molecular weight is 577 g/mol. The van der Waals surface area contributed by atoms with Crippen LogP contribution in [0.2, 0.25) is 0 Å². The molecule has 238 valence electrons. The summed E-state index contributed by atoms with van der Waals surface area (Å²) in [6.45, 7) is 5.89. The van der Waals surface area contributed by atoms with Gasteiger partial charge in [0.25, 0.3) is 7.82 Å². The number of rotatable bonds is 30. The van der Waals surface area contributed by atoms with E-state index < -0.39 is 7.82 Å². The molecule has 0 aliphatic rings. The molecular formula is C33H71NO4P-. The van der Waals surface area contributed by atoms with Crippen molar-refractivity contribution in [3.63, 3.8) is 0 Å². The van der Waals surface area contributed by atoms with E-state index in [1.165, 1.54) is 161 Å². The van der Waals surface area contributed by atoms with Gasteiger partial charge in [-0.2, -0.15) is 0 Å². The fourth-order valence-electron chi connectivity index (χ4n) is 4.92. The van der Waals surface area contributed by atoms with Gasteiger partial charge >= 0.3 is 0 Å². The summed E-state index contributed by atoms with van der Waals surface area (Å²) in [6.07, 6.45) is 36.6. The maximum atomic E-state index is 10.3. The molecule has 6 heteroatoms. The molecule has 1 atom stereocenters. The van der Waals surface area contributed by atoms with Gasteiger partial charge < -0.3 is 19.2 Å². The third-order valence-corrected chi connectivity index (χ3v) is 7.97. The molecule has 0 radical (unpaired) electrons. The molecule has 0 amide bonds. The van der Waals surface area contributed by atoms with Crippen LogP contribution >= 0.6 is 7.82 Å². The van der Waals surface area contributed by atoms with E-state index in [-0.39, 0.29) is 6.61 Å². The first-order chi connectivity index (χ1) is 18.8. The number of phosphoric acid groups is 1. The van der Waals surface area contributed by atoms with Crippen molar-refractivity contribution >= 4 is 7.82 Å². The second-order valence-corrected chi connectivity index (χ2v) is 13.1. The van der Waals surface area contributed by atoms with Crippen molar-refractivity contribution in [1.29, 1.82) is 0 Å². The zero-order valence-electron chi connectivity index (χ0n) is 27.1. The molecule has 0 aromatic heterocycles. The Bertz CT molecular complexity index is 484. The summed E-state index contributed by atoms with van der Waals surface area (Å²) in [7, 11) is -0.152. The molecule has 39 heavy (non-hydrogen) atoms. The molecule has 5 nitrogen and oxygen atoms in total. The van der Waals surface area contributed by atoms with E-state index in [2.05, 4.69) is 37.4 Å². The molecule has 0 rings (SSSR count). The first-order valence-electron chi connectivity index (χ1n) is 17.2. The first-order valence-corrected chi connectivity index (χ1v) is 18.7. The van der Waals surface area contributed by atoms with Crippen molar-refractivity contribution in [2.75, 3.05) is 27.2 Å². The second-order valence-electron chi connectivity index (χ2n) is 11.9. The van der Waals surface area contributed by atoms with E-state index in [4.69, 9.17) is 4.89 Å². The van der Waals surface area contributed by atoms with Crippen LogP contribution in [0.1, 0.15) is 187 Å². The molecule has 0 aromatic carbocycles. The van der Waals surface area contributed by atoms with Gasteiger partial charge in [0.1, 0.15) is 0 Å². The molecule has 0 saturated heterocycles. The Balaban J connectivity index is 0. The van der Waals surface area contributed by atoms with E-state index in [9.17, 15) is 9.46 Å². The highest BCUT2D eigenvalue weighted by molar-refractivity contribution is 7.44. The van der Waals surface area contributed by atoms with Gasteiger partial charge in [0.15, 0.2) is 0 Å². The van der Waals surface area contributed by atoms with Crippen LogP contribution in [0.5, 0.6) is 0 Å². The van der Waals surface area contributed by atoms with Crippen LogP contribution in [-0.2, 0) is 9.09 Å². The summed E-state index contributed by atoms with van der Waals surface area (Å²) in [5, 5.41) is 0. The first kappa shape index (κ1) is 41.2. The summed E-state index contributed by atoms with van der Waals surface area (Å²) in [6, 6.07) is 0. The predicted octanol–water partition coefficient (Wildman–Crippen LogP) is 10.6. The fraction of sp³-hybridized carbons (Fsp3) is 1.00. The van der Waals surface area contributed by atoms with Gasteiger partial charge in [-0.1, -0.05) is 174 Å². The van der Waals surface area contributed by atoms with Gasteiger partial charge in [-0.25, -0.2) is 0 Å². The van der Waals surface area contributed by atoms with E-state index >= 15 is 0 Å². The number of hydrogen-bond acceptors (Lipinski definition) is 4. The highest BCUT2D eigenvalue weighted by Crippen LogP contribution is 2.30. The lowest BCUT2D eigenvalue weighted by Crippen LogP contribution is -2.12. The predicted molar refractivity (Wildman–Crippen MR) is 170 cm³/mol. The van der Waals surface area contributed by atoms with E-state index in [1.54, 1.807) is 0 Å². The maximum absolute atomic E-state index is 10.3. The number of unbranched alkanes of at least 4 members (excludes halogenated alkanes) is 25. The van der Waals surface area contributed by atoms with Gasteiger partial charge in [-0.3, -0.25) is 4.57 Å². The molecule has 0 aromatic rings. The van der Waals surface area contributed by atoms with Gasteiger partial charge in [-0.05, 0) is 33.5 Å². The molecule has 0 spiro atoms. The second kappa shape index (κ2) is 34.3. The minimum atomic E-state index is -4.50. The van der Waals surface area contributed by atoms with Crippen LogP contribution in [0, 0.1) is 0 Å². The van der Waals surface area contributed by atoms with Crippen molar-refractivity contribution in [3.8, 4) is 0 Å². The minimum Gasteiger partial charge on any atom is -0.756 e. The standard InChI is InChI=1S/C20H43N.C13H29O4P/c1-4-5-6-7-8-9-10-11-12-13-14-15-16-17-18-19-20-21(2)3;1-2-3-4-5-6-7-8-9-10-11-12-13-17-18(14,15)16/h4-20H2,1-3H3;2-13H2,1H3,(H2,14,15,16)/p-1. The summed E-state index contributed by atoms with van der Waals surface area (Å²) in [4.78, 5) is 20.9. The molecule has 0 aliphatic carbocycles. The third kappa shape index (κ3) is 45.3. The number of nitrogens with zero attached hydrogens (tertiary/aromatic N) is 1. The molecule has 0 fully saturated rings. The zero-order valence-corrected chi connectivity index (χ0v) is 28.0. The van der Waals surface area contributed by atoms with Crippen molar-refractivity contribution in [3.05, 3.63) is 0 Å². The van der Waals surface area contributed by atoms with Crippen LogP contribution in [-0.4, -0.2) is 37.0 Å². The summed E-state index contributed by atoms with van der Waals surface area (Å²) < 4.78 is 14.5. The van der Waals surface area contributed by atoms with E-state index in [0.29, 0.717) is 6.42 Å². The van der Waals surface area contributed by atoms with E-state index in [1.807, 2.05) is 0 Å². The molecular weight excluding hydrogens is 505 g/mol. The molecule has 0 aliphatic heterocycles. The Morgan fingerprint density at radius 3 is 1.03 bits per heavy atom. The van der Waals surface area contributed by atoms with E-state index in [0.717, 1.165) is 12.8 Å². The summed E-state index contributed by atoms with van der Waals surface area (Å²) in [5.74, 6) is 0. The van der Waals surface area contributed by atoms with Crippen molar-refractivity contribution in [2.24, 2.45) is 0 Å². The zero-order chi connectivity index (χ0) is 29.3. The molecule has 1 unspecified atom stereocenters. The van der Waals surface area contributed by atoms with Crippen LogP contribution < -0.4 is 4.89 Å². The number of phosphoric ester groups is 1. The lowest BCUT2D eigenvalue weighted by atomic mass is 10.0. The Kier molecular flexibility index (Phi) is 36.2. The van der Waals surface area contributed by atoms with Crippen LogP contribution in [0.25, 0.3) is 0 Å². The van der Waals surface area contributed by atoms with Gasteiger partial charge in [-0.15, -0.1) is 0 Å². The fourth-order valence-corrected chi connectivity index (χ4v) is 5.28. The Hall–Kier alpha value is 0.0700. The SMILES string of the molecule is CCCCCCCCCCCCCCCCCCN(C)C.CCCCCCCCCCCCCOP(=O)([O-])O. The van der Waals surface area contributed by atoms with Crippen molar-refractivity contribution in [1.82, 2.24) is 4.90 Å². The monoisotopic (exact) mass is 577 g/mol. The Morgan fingerprint density at radius 2 is 0.769 bits per heavy atom. The molecule has 0 bridgehead atoms. The topological polar surface area (TPSA) is 72.8 Å². The average Bonchev–Trinajstić information content (AvgIpc) is 2.88. The summed E-state index contributed by atoms with van der Waals surface area (Å²) >= 11 is 0. The lowest BCUT2D eigenvalue weighted by Gasteiger charge is -2.14. The Labute approximate surface area is 245 Å². The molecule has 0 heterocycles. The highest BCUT2D eigenvalue weighted by atomic mass is 31.2. The minimum absolute atomic E-state index is 0.105. The van der Waals surface area contributed by atoms with Crippen LogP contribution in [0.3, 0.4) is 0 Å². The quantitative estimate of drug-likeness (QED) is 0.0680. The van der Waals surface area contributed by atoms with Crippen molar-refractivity contribution < 1.29 is 18.9 Å².